The van der Waals surface area contributed by atoms with Crippen LogP contribution in [-0.2, 0) is 6.42 Å². The number of nitrogens with zero attached hydrogens (tertiary/aromatic N) is 1. The van der Waals surface area contributed by atoms with E-state index in [1.807, 2.05) is 0 Å². The summed E-state index contributed by atoms with van der Waals surface area (Å²) in [6, 6.07) is 4.65. The van der Waals surface area contributed by atoms with Crippen molar-refractivity contribution in [1.82, 2.24) is 10.2 Å². The van der Waals surface area contributed by atoms with E-state index in [-0.39, 0.29) is 5.82 Å². The second kappa shape index (κ2) is 7.98. The first-order valence-corrected chi connectivity index (χ1v) is 7.60. The highest BCUT2D eigenvalue weighted by atomic mass is 19.1. The van der Waals surface area contributed by atoms with Crippen LogP contribution in [0.4, 0.5) is 9.18 Å². The molecule has 6 heteroatoms. The number of methoxy groups -OCH3 is 1. The first kappa shape index (κ1) is 16.5. The number of piperidine rings is 1. The number of ether oxygens (including phenoxy) is 1. The number of hydrogen-bond donors (Lipinski definition) is 2. The summed E-state index contributed by atoms with van der Waals surface area (Å²) in [4.78, 5) is 12.9. The van der Waals surface area contributed by atoms with Crippen molar-refractivity contribution in [3.05, 3.63) is 29.6 Å². The highest BCUT2D eigenvalue weighted by Crippen LogP contribution is 2.22. The molecule has 0 spiro atoms. The summed E-state index contributed by atoms with van der Waals surface area (Å²) in [6.07, 6.45) is 1.87. The predicted molar refractivity (Wildman–Crippen MR) is 81.8 cm³/mol. The average molecular weight is 310 g/mol. The fraction of sp³-hybridized carbons (Fsp3) is 0.562. The number of halogens is 1. The van der Waals surface area contributed by atoms with Crippen molar-refractivity contribution in [1.29, 1.82) is 0 Å². The summed E-state index contributed by atoms with van der Waals surface area (Å²) in [5.74, 6) is 0.737. The minimum absolute atomic E-state index is 0.285. The zero-order chi connectivity index (χ0) is 15.9. The Morgan fingerprint density at radius 3 is 2.82 bits per heavy atom. The molecule has 1 aliphatic rings. The molecule has 1 aromatic carbocycles. The van der Waals surface area contributed by atoms with E-state index in [1.54, 1.807) is 13.2 Å². The number of benzene rings is 1. The molecule has 1 aromatic rings. The fourth-order valence-corrected chi connectivity index (χ4v) is 2.85. The van der Waals surface area contributed by atoms with Crippen molar-refractivity contribution < 1.29 is 19.0 Å². The van der Waals surface area contributed by atoms with Gasteiger partial charge < -0.3 is 20.1 Å². The number of carbonyl (C=O) groups is 1. The van der Waals surface area contributed by atoms with Crippen LogP contribution >= 0.6 is 0 Å². The van der Waals surface area contributed by atoms with Crippen LogP contribution in [0.25, 0.3) is 0 Å². The second-order valence-electron chi connectivity index (χ2n) is 5.68. The molecule has 0 unspecified atom stereocenters. The number of hydrogen-bond acceptors (Lipinski definition) is 3. The van der Waals surface area contributed by atoms with Crippen LogP contribution in [0.5, 0.6) is 5.75 Å². The van der Waals surface area contributed by atoms with E-state index in [9.17, 15) is 9.18 Å². The molecule has 5 nitrogen and oxygen atoms in total. The molecule has 1 saturated heterocycles. The van der Waals surface area contributed by atoms with Gasteiger partial charge in [0, 0.05) is 19.2 Å². The van der Waals surface area contributed by atoms with Gasteiger partial charge in [-0.1, -0.05) is 6.07 Å². The summed E-state index contributed by atoms with van der Waals surface area (Å²) in [5.41, 5.74) is 1.01. The molecular weight excluding hydrogens is 287 g/mol. The van der Waals surface area contributed by atoms with E-state index in [4.69, 9.17) is 9.84 Å². The minimum atomic E-state index is -0.953. The zero-order valence-electron chi connectivity index (χ0n) is 12.8. The summed E-state index contributed by atoms with van der Waals surface area (Å²) in [5, 5.41) is 11.1. The van der Waals surface area contributed by atoms with E-state index in [0.29, 0.717) is 18.2 Å². The molecule has 0 aliphatic carbocycles. The Kier molecular flexibility index (Phi) is 6.00. The largest absolute Gasteiger partial charge is 0.496 e. The average Bonchev–Trinajstić information content (AvgIpc) is 2.52. The van der Waals surface area contributed by atoms with Crippen molar-refractivity contribution in [2.24, 2.45) is 5.92 Å². The van der Waals surface area contributed by atoms with Crippen LogP contribution < -0.4 is 10.1 Å². The lowest BCUT2D eigenvalue weighted by Gasteiger charge is -2.31. The van der Waals surface area contributed by atoms with Crippen molar-refractivity contribution in [2.45, 2.75) is 19.3 Å². The zero-order valence-corrected chi connectivity index (χ0v) is 12.8. The molecule has 1 fully saturated rings. The Hall–Kier alpha value is -1.82. The van der Waals surface area contributed by atoms with Crippen molar-refractivity contribution >= 4 is 6.09 Å². The van der Waals surface area contributed by atoms with Crippen LogP contribution in [0.15, 0.2) is 18.2 Å². The van der Waals surface area contributed by atoms with Crippen LogP contribution in [-0.4, -0.2) is 49.4 Å². The van der Waals surface area contributed by atoms with Crippen molar-refractivity contribution in [3.63, 3.8) is 0 Å². The fourth-order valence-electron chi connectivity index (χ4n) is 2.85. The van der Waals surface area contributed by atoms with Crippen LogP contribution in [0, 0.1) is 11.7 Å². The van der Waals surface area contributed by atoms with Gasteiger partial charge in [-0.15, -0.1) is 0 Å². The van der Waals surface area contributed by atoms with Crippen LogP contribution in [0.2, 0.25) is 0 Å². The molecule has 122 valence electrons. The number of nitrogens with one attached hydrogen (secondary N) is 1. The summed E-state index contributed by atoms with van der Waals surface area (Å²) in [7, 11) is 1.55. The third-order valence-electron chi connectivity index (χ3n) is 4.20. The SMILES string of the molecule is COc1cc(F)ccc1CCN1CCC(CNC(=O)O)CC1. The van der Waals surface area contributed by atoms with Gasteiger partial charge in [-0.2, -0.15) is 0 Å². The summed E-state index contributed by atoms with van der Waals surface area (Å²) >= 11 is 0. The molecule has 0 radical (unpaired) electrons. The van der Waals surface area contributed by atoms with Crippen LogP contribution in [0.1, 0.15) is 18.4 Å². The maximum Gasteiger partial charge on any atom is 0.404 e. The number of amides is 1. The molecule has 22 heavy (non-hydrogen) atoms. The Bertz CT molecular complexity index is 502. The van der Waals surface area contributed by atoms with Gasteiger partial charge in [0.15, 0.2) is 0 Å². The topological polar surface area (TPSA) is 61.8 Å². The Labute approximate surface area is 130 Å². The molecule has 2 N–H and O–H groups in total. The Morgan fingerprint density at radius 2 is 2.18 bits per heavy atom. The maximum atomic E-state index is 13.2. The van der Waals surface area contributed by atoms with Gasteiger partial charge in [-0.25, -0.2) is 9.18 Å². The van der Waals surface area contributed by atoms with E-state index >= 15 is 0 Å². The van der Waals surface area contributed by atoms with Gasteiger partial charge in [0.05, 0.1) is 7.11 Å². The highest BCUT2D eigenvalue weighted by molar-refractivity contribution is 5.64. The van der Waals surface area contributed by atoms with Crippen molar-refractivity contribution in [3.8, 4) is 5.75 Å². The quantitative estimate of drug-likeness (QED) is 0.847. The Morgan fingerprint density at radius 1 is 1.45 bits per heavy atom. The lowest BCUT2D eigenvalue weighted by molar-refractivity contribution is 0.171. The number of likely N-dealkylation sites (tertiary alicyclic amines) is 1. The number of rotatable bonds is 6. The maximum absolute atomic E-state index is 13.2. The highest BCUT2D eigenvalue weighted by Gasteiger charge is 2.19. The standard InChI is InChI=1S/C16H23FN2O3/c1-22-15-10-14(17)3-2-13(15)6-9-19-7-4-12(5-8-19)11-18-16(20)21/h2-3,10,12,18H,4-9,11H2,1H3,(H,20,21). The van der Waals surface area contributed by atoms with Crippen molar-refractivity contribution in [2.75, 3.05) is 33.3 Å². The normalized spacial score (nSPS) is 16.5. The van der Waals surface area contributed by atoms with Crippen LogP contribution in [0.3, 0.4) is 0 Å². The molecular formula is C16H23FN2O3. The molecule has 1 amide bonds. The third kappa shape index (κ3) is 4.87. The Balaban J connectivity index is 1.76. The van der Waals surface area contributed by atoms with Gasteiger partial charge in [0.1, 0.15) is 11.6 Å². The minimum Gasteiger partial charge on any atom is -0.496 e. The summed E-state index contributed by atoms with van der Waals surface area (Å²) in [6.45, 7) is 3.38. The van der Waals surface area contributed by atoms with Gasteiger partial charge in [0.2, 0.25) is 0 Å². The molecule has 0 saturated carbocycles. The molecule has 1 heterocycles. The predicted octanol–water partition coefficient (Wildman–Crippen LogP) is 2.36. The van der Waals surface area contributed by atoms with E-state index in [2.05, 4.69) is 10.2 Å². The van der Waals surface area contributed by atoms with Gasteiger partial charge in [0.25, 0.3) is 0 Å². The first-order valence-electron chi connectivity index (χ1n) is 7.60. The molecule has 0 atom stereocenters. The monoisotopic (exact) mass is 310 g/mol. The lowest BCUT2D eigenvalue weighted by Crippen LogP contribution is -2.39. The van der Waals surface area contributed by atoms with E-state index in [0.717, 1.165) is 44.5 Å². The van der Waals surface area contributed by atoms with E-state index < -0.39 is 6.09 Å². The smallest absolute Gasteiger partial charge is 0.404 e. The number of carboxylic acid groups (broad SMARTS) is 1. The molecule has 0 aromatic heterocycles. The first-order chi connectivity index (χ1) is 10.6. The second-order valence-corrected chi connectivity index (χ2v) is 5.68. The van der Waals surface area contributed by atoms with Gasteiger partial charge in [-0.05, 0) is 49.9 Å². The van der Waals surface area contributed by atoms with Gasteiger partial charge >= 0.3 is 6.09 Å². The van der Waals surface area contributed by atoms with E-state index in [1.165, 1.54) is 12.1 Å². The lowest BCUT2D eigenvalue weighted by atomic mass is 9.96. The van der Waals surface area contributed by atoms with Gasteiger partial charge in [-0.3, -0.25) is 0 Å². The third-order valence-corrected chi connectivity index (χ3v) is 4.20. The molecule has 1 aliphatic heterocycles. The summed E-state index contributed by atoms with van der Waals surface area (Å²) < 4.78 is 18.4. The molecule has 0 bridgehead atoms. The molecule has 2 rings (SSSR count).